The molecule has 32 heavy (non-hydrogen) atoms. The molecule has 0 radical (unpaired) electrons. The van der Waals surface area contributed by atoms with Crippen molar-refractivity contribution in [2.75, 3.05) is 59.6 Å². The Bertz CT molecular complexity index is 1070. The van der Waals surface area contributed by atoms with Crippen molar-refractivity contribution in [3.05, 3.63) is 54.4 Å². The van der Waals surface area contributed by atoms with E-state index >= 15 is 0 Å². The number of para-hydroxylation sites is 2. The minimum absolute atomic E-state index is 0.137. The summed E-state index contributed by atoms with van der Waals surface area (Å²) in [4.78, 5) is 24.0. The van der Waals surface area contributed by atoms with E-state index in [1.807, 2.05) is 34.1 Å². The Kier molecular flexibility index (Phi) is 5.96. The fraction of sp³-hybridized carbons (Fsp3) is 0.417. The quantitative estimate of drug-likeness (QED) is 0.631. The number of ether oxygens (including phenoxy) is 2. The van der Waals surface area contributed by atoms with Crippen LogP contribution >= 0.6 is 0 Å². The molecule has 168 valence electrons. The van der Waals surface area contributed by atoms with Crippen molar-refractivity contribution in [2.45, 2.75) is 6.54 Å². The molecule has 2 aliphatic rings. The predicted octanol–water partition coefficient (Wildman–Crippen LogP) is 2.60. The number of fused-ring (bicyclic) bond motifs is 1. The second kappa shape index (κ2) is 9.18. The number of piperazine rings is 1. The molecule has 0 aliphatic carbocycles. The first-order chi connectivity index (χ1) is 15.7. The standard InChI is InChI=1S/C24H29N5O3/c1-31-20-8-6-19(7-9-20)29-22-5-3-2-4-21(22)25-23(29)18-26-10-12-27(13-11-26)24(30)28-14-16-32-17-15-28/h2-9H,10-18H2,1H3. The van der Waals surface area contributed by atoms with Crippen LogP contribution in [0, 0.1) is 0 Å². The Morgan fingerprint density at radius 1 is 0.938 bits per heavy atom. The summed E-state index contributed by atoms with van der Waals surface area (Å²) in [6.07, 6.45) is 0. The van der Waals surface area contributed by atoms with Gasteiger partial charge in [0.15, 0.2) is 0 Å². The minimum atomic E-state index is 0.137. The average Bonchev–Trinajstić information content (AvgIpc) is 3.22. The van der Waals surface area contributed by atoms with Crippen molar-refractivity contribution in [1.82, 2.24) is 24.3 Å². The van der Waals surface area contributed by atoms with Crippen LogP contribution in [0.5, 0.6) is 5.75 Å². The lowest BCUT2D eigenvalue weighted by Crippen LogP contribution is -2.54. The van der Waals surface area contributed by atoms with Gasteiger partial charge in [0.25, 0.3) is 0 Å². The Morgan fingerprint density at radius 3 is 2.34 bits per heavy atom. The number of nitrogens with zero attached hydrogens (tertiary/aromatic N) is 5. The highest BCUT2D eigenvalue weighted by molar-refractivity contribution is 5.78. The molecule has 0 N–H and O–H groups in total. The number of hydrogen-bond acceptors (Lipinski definition) is 5. The second-order valence-corrected chi connectivity index (χ2v) is 8.20. The zero-order chi connectivity index (χ0) is 21.9. The number of amides is 2. The van der Waals surface area contributed by atoms with E-state index < -0.39 is 0 Å². The van der Waals surface area contributed by atoms with Gasteiger partial charge in [-0.3, -0.25) is 9.47 Å². The fourth-order valence-corrected chi connectivity index (χ4v) is 4.45. The summed E-state index contributed by atoms with van der Waals surface area (Å²) in [5.74, 6) is 1.84. The molecule has 0 unspecified atom stereocenters. The van der Waals surface area contributed by atoms with E-state index in [9.17, 15) is 4.79 Å². The number of benzene rings is 2. The predicted molar refractivity (Wildman–Crippen MR) is 122 cm³/mol. The first kappa shape index (κ1) is 20.8. The molecule has 2 aliphatic heterocycles. The van der Waals surface area contributed by atoms with Crippen molar-refractivity contribution in [1.29, 1.82) is 0 Å². The van der Waals surface area contributed by atoms with Gasteiger partial charge in [-0.25, -0.2) is 9.78 Å². The number of aromatic nitrogens is 2. The van der Waals surface area contributed by atoms with Gasteiger partial charge in [0.2, 0.25) is 0 Å². The van der Waals surface area contributed by atoms with E-state index in [2.05, 4.69) is 33.7 Å². The molecular weight excluding hydrogens is 406 g/mol. The summed E-state index contributed by atoms with van der Waals surface area (Å²) < 4.78 is 12.9. The first-order valence-electron chi connectivity index (χ1n) is 11.2. The maximum Gasteiger partial charge on any atom is 0.320 e. The molecule has 2 amide bonds. The zero-order valence-electron chi connectivity index (χ0n) is 18.4. The molecule has 0 atom stereocenters. The second-order valence-electron chi connectivity index (χ2n) is 8.20. The van der Waals surface area contributed by atoms with Gasteiger partial charge in [0, 0.05) is 45.0 Å². The number of urea groups is 1. The van der Waals surface area contributed by atoms with Crippen LogP contribution in [0.4, 0.5) is 4.79 Å². The normalized spacial score (nSPS) is 17.7. The van der Waals surface area contributed by atoms with E-state index in [-0.39, 0.29) is 6.03 Å². The minimum Gasteiger partial charge on any atom is -0.497 e. The van der Waals surface area contributed by atoms with Gasteiger partial charge < -0.3 is 19.3 Å². The topological polar surface area (TPSA) is 63.1 Å². The third kappa shape index (κ3) is 4.16. The molecule has 0 bridgehead atoms. The molecule has 3 aromatic rings. The van der Waals surface area contributed by atoms with E-state index in [0.29, 0.717) is 26.3 Å². The number of morpholine rings is 1. The molecule has 2 saturated heterocycles. The number of hydrogen-bond donors (Lipinski definition) is 0. The van der Waals surface area contributed by atoms with Gasteiger partial charge in [0.1, 0.15) is 11.6 Å². The van der Waals surface area contributed by atoms with Gasteiger partial charge in [-0.2, -0.15) is 0 Å². The molecule has 1 aromatic heterocycles. The highest BCUT2D eigenvalue weighted by Gasteiger charge is 2.27. The van der Waals surface area contributed by atoms with Gasteiger partial charge >= 0.3 is 6.03 Å². The summed E-state index contributed by atoms with van der Waals surface area (Å²) in [5, 5.41) is 0. The molecule has 8 heteroatoms. The largest absolute Gasteiger partial charge is 0.497 e. The lowest BCUT2D eigenvalue weighted by Gasteiger charge is -2.38. The van der Waals surface area contributed by atoms with E-state index in [4.69, 9.17) is 14.5 Å². The average molecular weight is 436 g/mol. The van der Waals surface area contributed by atoms with Crippen LogP contribution in [0.3, 0.4) is 0 Å². The van der Waals surface area contributed by atoms with Gasteiger partial charge in [-0.15, -0.1) is 0 Å². The summed E-state index contributed by atoms with van der Waals surface area (Å²) >= 11 is 0. The third-order valence-corrected chi connectivity index (χ3v) is 6.25. The number of carbonyl (C=O) groups excluding carboxylic acids is 1. The molecular formula is C24H29N5O3. The summed E-state index contributed by atoms with van der Waals surface area (Å²) in [5.41, 5.74) is 3.14. The molecule has 5 rings (SSSR count). The van der Waals surface area contributed by atoms with Crippen molar-refractivity contribution >= 4 is 17.1 Å². The smallest absolute Gasteiger partial charge is 0.320 e. The SMILES string of the molecule is COc1ccc(-n2c(CN3CCN(C(=O)N4CCOCC4)CC3)nc3ccccc32)cc1. The van der Waals surface area contributed by atoms with Crippen molar-refractivity contribution in [3.63, 3.8) is 0 Å². The summed E-state index contributed by atoms with van der Waals surface area (Å²) in [6, 6.07) is 16.4. The van der Waals surface area contributed by atoms with Gasteiger partial charge in [-0.1, -0.05) is 12.1 Å². The number of methoxy groups -OCH3 is 1. The van der Waals surface area contributed by atoms with E-state index in [1.54, 1.807) is 7.11 Å². The van der Waals surface area contributed by atoms with Crippen LogP contribution in [-0.2, 0) is 11.3 Å². The van der Waals surface area contributed by atoms with Crippen LogP contribution in [0.1, 0.15) is 5.82 Å². The van der Waals surface area contributed by atoms with Crippen LogP contribution in [-0.4, -0.2) is 89.9 Å². The summed E-state index contributed by atoms with van der Waals surface area (Å²) in [6.45, 7) is 6.51. The summed E-state index contributed by atoms with van der Waals surface area (Å²) in [7, 11) is 1.68. The zero-order valence-corrected chi connectivity index (χ0v) is 18.4. The van der Waals surface area contributed by atoms with Gasteiger partial charge in [0.05, 0.1) is 37.9 Å². The van der Waals surface area contributed by atoms with E-state index in [0.717, 1.165) is 61.0 Å². The van der Waals surface area contributed by atoms with Crippen molar-refractivity contribution < 1.29 is 14.3 Å². The number of rotatable bonds is 4. The lowest BCUT2D eigenvalue weighted by molar-refractivity contribution is 0.0371. The van der Waals surface area contributed by atoms with Crippen LogP contribution < -0.4 is 4.74 Å². The Labute approximate surface area is 187 Å². The van der Waals surface area contributed by atoms with Gasteiger partial charge in [-0.05, 0) is 36.4 Å². The van der Waals surface area contributed by atoms with Crippen LogP contribution in [0.2, 0.25) is 0 Å². The monoisotopic (exact) mass is 435 g/mol. The van der Waals surface area contributed by atoms with Crippen LogP contribution in [0.15, 0.2) is 48.5 Å². The Balaban J connectivity index is 1.32. The van der Waals surface area contributed by atoms with Crippen LogP contribution in [0.25, 0.3) is 16.7 Å². The molecule has 0 saturated carbocycles. The number of imidazole rings is 1. The molecule has 2 fully saturated rings. The highest BCUT2D eigenvalue weighted by atomic mass is 16.5. The lowest BCUT2D eigenvalue weighted by atomic mass is 10.2. The first-order valence-corrected chi connectivity index (χ1v) is 11.2. The maximum absolute atomic E-state index is 12.8. The maximum atomic E-state index is 12.8. The highest BCUT2D eigenvalue weighted by Crippen LogP contribution is 2.24. The molecule has 2 aromatic carbocycles. The fourth-order valence-electron chi connectivity index (χ4n) is 4.45. The third-order valence-electron chi connectivity index (χ3n) is 6.25. The molecule has 8 nitrogen and oxygen atoms in total. The Hall–Kier alpha value is -3.10. The molecule has 3 heterocycles. The Morgan fingerprint density at radius 2 is 1.62 bits per heavy atom. The molecule has 0 spiro atoms. The van der Waals surface area contributed by atoms with Crippen molar-refractivity contribution in [2.24, 2.45) is 0 Å². The van der Waals surface area contributed by atoms with Crippen molar-refractivity contribution in [3.8, 4) is 11.4 Å². The van der Waals surface area contributed by atoms with E-state index in [1.165, 1.54) is 0 Å². The number of carbonyl (C=O) groups is 1.